The molecule has 5 heteroatoms. The van der Waals surface area contributed by atoms with Crippen LogP contribution in [0.15, 0.2) is 21.9 Å². The summed E-state index contributed by atoms with van der Waals surface area (Å²) >= 11 is 2.09. The fourth-order valence-corrected chi connectivity index (χ4v) is 2.09. The largest absolute Gasteiger partial charge is 0.325 e. The molecule has 2 heterocycles. The van der Waals surface area contributed by atoms with Crippen molar-refractivity contribution < 1.29 is 0 Å². The van der Waals surface area contributed by atoms with Crippen molar-refractivity contribution >= 4 is 11.8 Å². The van der Waals surface area contributed by atoms with Crippen molar-refractivity contribution in [3.8, 4) is 0 Å². The molecule has 1 aliphatic rings. The average molecular weight is 214 g/mol. The predicted molar refractivity (Wildman–Crippen MR) is 58.9 cm³/mol. The number of nitrogens with one attached hydrogen (secondary N) is 2. The Labute approximate surface area is 86.1 Å². The first-order chi connectivity index (χ1) is 6.79. The van der Waals surface area contributed by atoms with E-state index in [4.69, 9.17) is 0 Å². The van der Waals surface area contributed by atoms with E-state index in [-0.39, 0.29) is 5.56 Å². The highest BCUT2D eigenvalue weighted by atomic mass is 32.2. The predicted octanol–water partition coefficient (Wildman–Crippen LogP) is 0.967. The van der Waals surface area contributed by atoms with E-state index in [1.807, 2.05) is 4.98 Å². The Morgan fingerprint density at radius 1 is 1.14 bits per heavy atom. The summed E-state index contributed by atoms with van der Waals surface area (Å²) in [6, 6.07) is 1.24. The first-order valence-corrected chi connectivity index (χ1v) is 5.80. The molecule has 0 aromatic carbocycles. The van der Waals surface area contributed by atoms with E-state index in [1.165, 1.54) is 43.0 Å². The molecule has 0 bridgehead atoms. The zero-order valence-corrected chi connectivity index (χ0v) is 8.73. The third kappa shape index (κ3) is 4.91. The molecular weight excluding hydrogens is 200 g/mol. The zero-order valence-electron chi connectivity index (χ0n) is 7.91. The van der Waals surface area contributed by atoms with Gasteiger partial charge in [0.25, 0.3) is 5.56 Å². The van der Waals surface area contributed by atoms with Gasteiger partial charge in [0.1, 0.15) is 0 Å². The van der Waals surface area contributed by atoms with Gasteiger partial charge in [-0.2, -0.15) is 11.8 Å². The summed E-state index contributed by atoms with van der Waals surface area (Å²) in [7, 11) is 0. The third-order valence-corrected chi connectivity index (χ3v) is 2.92. The molecule has 0 amide bonds. The summed E-state index contributed by atoms with van der Waals surface area (Å²) in [5.41, 5.74) is -0.855. The van der Waals surface area contributed by atoms with E-state index >= 15 is 0 Å². The summed E-state index contributed by atoms with van der Waals surface area (Å²) in [6.07, 6.45) is 5.70. The minimum Gasteiger partial charge on any atom is -0.314 e. The highest BCUT2D eigenvalue weighted by molar-refractivity contribution is 7.99. The maximum absolute atomic E-state index is 10.2. The number of hydrogen-bond donors (Lipinski definition) is 2. The molecule has 4 nitrogen and oxygen atoms in total. The maximum Gasteiger partial charge on any atom is 0.325 e. The van der Waals surface area contributed by atoms with Gasteiger partial charge in [-0.3, -0.25) is 9.78 Å². The lowest BCUT2D eigenvalue weighted by Crippen LogP contribution is -2.19. The Hall–Kier alpha value is -0.970. The Morgan fingerprint density at radius 2 is 1.86 bits per heavy atom. The van der Waals surface area contributed by atoms with Gasteiger partial charge in [0.2, 0.25) is 0 Å². The molecule has 0 radical (unpaired) electrons. The molecule has 78 valence electrons. The highest BCUT2D eigenvalue weighted by Gasteiger charge is 1.95. The number of H-pyrrole nitrogens is 2. The van der Waals surface area contributed by atoms with Crippen LogP contribution in [-0.2, 0) is 0 Å². The molecular formula is C9H14N2O2S. The van der Waals surface area contributed by atoms with Gasteiger partial charge in [-0.15, -0.1) is 0 Å². The number of aromatic amines is 2. The van der Waals surface area contributed by atoms with Gasteiger partial charge in [0.05, 0.1) is 0 Å². The molecule has 0 unspecified atom stereocenters. The standard InChI is InChI=1S/C5H10S.C4H4N2O2/c1-2-4-6-5-3-1;7-3-1-2-5-4(8)6-3/h1-5H2;1-2H,(H2,5,6,7,8). The van der Waals surface area contributed by atoms with Crippen LogP contribution in [-0.4, -0.2) is 21.5 Å². The Morgan fingerprint density at radius 3 is 2.14 bits per heavy atom. The van der Waals surface area contributed by atoms with Crippen molar-refractivity contribution in [1.82, 2.24) is 9.97 Å². The summed E-state index contributed by atoms with van der Waals surface area (Å²) < 4.78 is 0. The van der Waals surface area contributed by atoms with E-state index in [9.17, 15) is 9.59 Å². The summed E-state index contributed by atoms with van der Waals surface area (Å²) in [6.45, 7) is 0. The number of rotatable bonds is 0. The monoisotopic (exact) mass is 214 g/mol. The molecule has 1 aliphatic heterocycles. The topological polar surface area (TPSA) is 65.7 Å². The fourth-order valence-electron chi connectivity index (χ4n) is 1.07. The first-order valence-electron chi connectivity index (χ1n) is 4.65. The smallest absolute Gasteiger partial charge is 0.314 e. The second kappa shape index (κ2) is 6.48. The van der Waals surface area contributed by atoms with Crippen LogP contribution in [0.2, 0.25) is 0 Å². The van der Waals surface area contributed by atoms with Crippen molar-refractivity contribution in [3.05, 3.63) is 33.1 Å². The maximum atomic E-state index is 10.2. The van der Waals surface area contributed by atoms with Crippen LogP contribution in [0.3, 0.4) is 0 Å². The third-order valence-electron chi connectivity index (χ3n) is 1.76. The lowest BCUT2D eigenvalue weighted by Gasteiger charge is -2.05. The molecule has 1 aromatic heterocycles. The number of hydrogen-bond acceptors (Lipinski definition) is 3. The minimum absolute atomic E-state index is 0.381. The molecule has 1 fully saturated rings. The Bertz CT molecular complexity index is 317. The number of thioether (sulfide) groups is 1. The zero-order chi connectivity index (χ0) is 10.2. The molecule has 1 aromatic rings. The van der Waals surface area contributed by atoms with Crippen molar-refractivity contribution in [2.24, 2.45) is 0 Å². The summed E-state index contributed by atoms with van der Waals surface area (Å²) in [5, 5.41) is 0. The van der Waals surface area contributed by atoms with Crippen LogP contribution in [0.5, 0.6) is 0 Å². The molecule has 0 spiro atoms. The van der Waals surface area contributed by atoms with Gasteiger partial charge >= 0.3 is 5.69 Å². The molecule has 0 aliphatic carbocycles. The summed E-state index contributed by atoms with van der Waals surface area (Å²) in [5.74, 6) is 2.83. The van der Waals surface area contributed by atoms with E-state index in [0.717, 1.165) is 0 Å². The van der Waals surface area contributed by atoms with Crippen molar-refractivity contribution in [2.45, 2.75) is 19.3 Å². The van der Waals surface area contributed by atoms with E-state index in [2.05, 4.69) is 16.7 Å². The van der Waals surface area contributed by atoms with Crippen molar-refractivity contribution in [3.63, 3.8) is 0 Å². The molecule has 0 atom stereocenters. The van der Waals surface area contributed by atoms with Crippen LogP contribution in [0.1, 0.15) is 19.3 Å². The van der Waals surface area contributed by atoms with Crippen LogP contribution < -0.4 is 11.2 Å². The van der Waals surface area contributed by atoms with Gasteiger partial charge in [0, 0.05) is 12.3 Å². The second-order valence-corrected chi connectivity index (χ2v) is 4.19. The van der Waals surface area contributed by atoms with E-state index in [0.29, 0.717) is 0 Å². The van der Waals surface area contributed by atoms with Gasteiger partial charge in [-0.1, -0.05) is 6.42 Å². The minimum atomic E-state index is -0.475. The SMILES string of the molecule is C1CCSCC1.O=c1cc[nH]c(=O)[nH]1. The van der Waals surface area contributed by atoms with E-state index < -0.39 is 5.69 Å². The van der Waals surface area contributed by atoms with Crippen LogP contribution >= 0.6 is 11.8 Å². The fraction of sp³-hybridized carbons (Fsp3) is 0.556. The van der Waals surface area contributed by atoms with Crippen molar-refractivity contribution in [1.29, 1.82) is 0 Å². The molecule has 1 saturated heterocycles. The normalized spacial score (nSPS) is 15.4. The second-order valence-electron chi connectivity index (χ2n) is 2.97. The number of aromatic nitrogens is 2. The Balaban J connectivity index is 0.000000146. The molecule has 2 rings (SSSR count). The van der Waals surface area contributed by atoms with Gasteiger partial charge in [-0.05, 0) is 24.3 Å². The van der Waals surface area contributed by atoms with E-state index in [1.54, 1.807) is 0 Å². The molecule has 0 saturated carbocycles. The average Bonchev–Trinajstić information content (AvgIpc) is 2.21. The first kappa shape index (κ1) is 11.1. The summed E-state index contributed by atoms with van der Waals surface area (Å²) in [4.78, 5) is 24.7. The lowest BCUT2D eigenvalue weighted by molar-refractivity contribution is 0.764. The van der Waals surface area contributed by atoms with Crippen LogP contribution in [0.25, 0.3) is 0 Å². The lowest BCUT2D eigenvalue weighted by atomic mass is 10.3. The van der Waals surface area contributed by atoms with Gasteiger partial charge in [-0.25, -0.2) is 4.79 Å². The Kier molecular flexibility index (Phi) is 5.14. The molecule has 14 heavy (non-hydrogen) atoms. The highest BCUT2D eigenvalue weighted by Crippen LogP contribution is 2.14. The van der Waals surface area contributed by atoms with Gasteiger partial charge < -0.3 is 4.98 Å². The van der Waals surface area contributed by atoms with Crippen LogP contribution in [0.4, 0.5) is 0 Å². The molecule has 2 N–H and O–H groups in total. The van der Waals surface area contributed by atoms with Crippen LogP contribution in [0, 0.1) is 0 Å². The quantitative estimate of drug-likeness (QED) is 0.676. The van der Waals surface area contributed by atoms with Gasteiger partial charge in [0.15, 0.2) is 0 Å². The van der Waals surface area contributed by atoms with Crippen molar-refractivity contribution in [2.75, 3.05) is 11.5 Å².